The van der Waals surface area contributed by atoms with Crippen molar-refractivity contribution in [2.75, 3.05) is 6.54 Å². The van der Waals surface area contributed by atoms with Crippen molar-refractivity contribution in [1.29, 1.82) is 0 Å². The number of para-hydroxylation sites is 1. The van der Waals surface area contributed by atoms with Gasteiger partial charge in [-0.05, 0) is 18.2 Å². The van der Waals surface area contributed by atoms with E-state index in [1.165, 1.54) is 10.7 Å². The largest absolute Gasteiger partial charge is 0.487 e. The van der Waals surface area contributed by atoms with Crippen LogP contribution in [0.1, 0.15) is 17.4 Å². The smallest absolute Gasteiger partial charge is 0.409 e. The first-order valence-corrected chi connectivity index (χ1v) is 6.58. The van der Waals surface area contributed by atoms with Crippen molar-refractivity contribution in [2.24, 2.45) is 0 Å². The molecule has 0 saturated heterocycles. The summed E-state index contributed by atoms with van der Waals surface area (Å²) in [5, 5.41) is 6.66. The van der Waals surface area contributed by atoms with Gasteiger partial charge in [0.2, 0.25) is 0 Å². The van der Waals surface area contributed by atoms with Gasteiger partial charge in [-0.25, -0.2) is 0 Å². The van der Waals surface area contributed by atoms with Crippen molar-refractivity contribution >= 4 is 0 Å². The molecule has 0 radical (unpaired) electrons. The van der Waals surface area contributed by atoms with Crippen molar-refractivity contribution in [3.05, 3.63) is 47.8 Å². The van der Waals surface area contributed by atoms with Gasteiger partial charge in [0.1, 0.15) is 24.1 Å². The molecule has 0 bridgehead atoms. The molecule has 21 heavy (non-hydrogen) atoms. The normalized spacial score (nSPS) is 18.3. The summed E-state index contributed by atoms with van der Waals surface area (Å²) in [5.74, 6) is 0.661. The number of benzene rings is 1. The summed E-state index contributed by atoms with van der Waals surface area (Å²) in [5.41, 5.74) is 0.632. The lowest BCUT2D eigenvalue weighted by Crippen LogP contribution is -2.41. The fourth-order valence-corrected chi connectivity index (χ4v) is 2.35. The predicted octanol–water partition coefficient (Wildman–Crippen LogP) is 2.67. The van der Waals surface area contributed by atoms with E-state index in [-0.39, 0.29) is 18.8 Å². The lowest BCUT2D eigenvalue weighted by atomic mass is 10.1. The van der Waals surface area contributed by atoms with Gasteiger partial charge in [-0.15, -0.1) is 0 Å². The quantitative estimate of drug-likeness (QED) is 0.946. The molecule has 0 fully saturated rings. The fourth-order valence-electron chi connectivity index (χ4n) is 2.35. The van der Waals surface area contributed by atoms with Crippen LogP contribution >= 0.6 is 0 Å². The van der Waals surface area contributed by atoms with Crippen LogP contribution in [-0.4, -0.2) is 22.5 Å². The number of hydrogen-bond acceptors (Lipinski definition) is 3. The highest BCUT2D eigenvalue weighted by atomic mass is 19.4. The molecule has 0 aliphatic carbocycles. The number of hydrogen-bond donors (Lipinski definition) is 1. The molecule has 1 aromatic heterocycles. The van der Waals surface area contributed by atoms with Gasteiger partial charge in [0, 0.05) is 6.54 Å². The van der Waals surface area contributed by atoms with Gasteiger partial charge in [-0.1, -0.05) is 18.2 Å². The molecule has 7 heteroatoms. The summed E-state index contributed by atoms with van der Waals surface area (Å²) in [7, 11) is 0. The first-order valence-electron chi connectivity index (χ1n) is 6.58. The number of halogens is 3. The summed E-state index contributed by atoms with van der Waals surface area (Å²) in [4.78, 5) is 0. The van der Waals surface area contributed by atoms with Gasteiger partial charge in [0.15, 0.2) is 0 Å². The van der Waals surface area contributed by atoms with E-state index < -0.39 is 12.2 Å². The highest BCUT2D eigenvalue weighted by Crippen LogP contribution is 2.34. The Balaban J connectivity index is 1.76. The third-order valence-corrected chi connectivity index (χ3v) is 3.29. The Morgan fingerprint density at radius 1 is 1.29 bits per heavy atom. The molecule has 1 aliphatic rings. The molecule has 0 amide bonds. The number of aromatic nitrogens is 2. The Bertz CT molecular complexity index is 610. The van der Waals surface area contributed by atoms with E-state index in [1.807, 2.05) is 18.2 Å². The summed E-state index contributed by atoms with van der Waals surface area (Å²) in [6, 6.07) is 8.89. The lowest BCUT2D eigenvalue weighted by Gasteiger charge is -2.26. The first kappa shape index (κ1) is 13.9. The number of nitrogens with zero attached hydrogens (tertiary/aromatic N) is 2. The van der Waals surface area contributed by atoms with Crippen molar-refractivity contribution < 1.29 is 17.9 Å². The van der Waals surface area contributed by atoms with Gasteiger partial charge in [0.25, 0.3) is 0 Å². The minimum atomic E-state index is -4.32. The Labute approximate surface area is 119 Å². The maximum absolute atomic E-state index is 12.9. The molecule has 1 aliphatic heterocycles. The van der Waals surface area contributed by atoms with Crippen LogP contribution in [0.5, 0.6) is 5.75 Å². The van der Waals surface area contributed by atoms with E-state index in [2.05, 4.69) is 10.4 Å². The fraction of sp³-hybridized carbons (Fsp3) is 0.357. The molecule has 4 nitrogen and oxygen atoms in total. The van der Waals surface area contributed by atoms with Gasteiger partial charge in [0.05, 0.1) is 12.2 Å². The Hall–Kier alpha value is -2.02. The maximum atomic E-state index is 12.9. The molecular weight excluding hydrogens is 283 g/mol. The number of rotatable bonds is 3. The second-order valence-electron chi connectivity index (χ2n) is 4.81. The van der Waals surface area contributed by atoms with Gasteiger partial charge in [-0.2, -0.15) is 18.3 Å². The number of alkyl halides is 3. The molecule has 1 unspecified atom stereocenters. The van der Waals surface area contributed by atoms with Crippen molar-refractivity contribution in [3.63, 3.8) is 0 Å². The van der Waals surface area contributed by atoms with Gasteiger partial charge < -0.3 is 4.74 Å². The van der Waals surface area contributed by atoms with E-state index in [0.29, 0.717) is 18.0 Å². The summed E-state index contributed by atoms with van der Waals surface area (Å²) in [6.45, 7) is 0.819. The van der Waals surface area contributed by atoms with Crippen molar-refractivity contribution in [2.45, 2.75) is 25.4 Å². The average Bonchev–Trinajstić information content (AvgIpc) is 2.87. The number of nitrogens with one attached hydrogen (secondary N) is 1. The molecule has 1 N–H and O–H groups in total. The topological polar surface area (TPSA) is 39.1 Å². The monoisotopic (exact) mass is 297 g/mol. The van der Waals surface area contributed by atoms with Crippen LogP contribution in [0.15, 0.2) is 36.4 Å². The highest BCUT2D eigenvalue weighted by Gasteiger charge is 2.44. The summed E-state index contributed by atoms with van der Waals surface area (Å²) >= 11 is 0. The highest BCUT2D eigenvalue weighted by molar-refractivity contribution is 5.22. The minimum absolute atomic E-state index is 0.139. The maximum Gasteiger partial charge on any atom is 0.409 e. The molecule has 2 heterocycles. The number of ether oxygens (including phenoxy) is 1. The Morgan fingerprint density at radius 3 is 2.76 bits per heavy atom. The van der Waals surface area contributed by atoms with Crippen LogP contribution in [0.25, 0.3) is 0 Å². The second-order valence-corrected chi connectivity index (χ2v) is 4.81. The SMILES string of the molecule is FC(F)(F)C1NCCn2nc(COc3ccccc3)cc21. The molecule has 1 aromatic carbocycles. The van der Waals surface area contributed by atoms with E-state index in [0.717, 1.165) is 0 Å². The zero-order valence-electron chi connectivity index (χ0n) is 11.1. The molecule has 112 valence electrons. The molecule has 0 saturated carbocycles. The minimum Gasteiger partial charge on any atom is -0.487 e. The van der Waals surface area contributed by atoms with E-state index in [1.54, 1.807) is 12.1 Å². The predicted molar refractivity (Wildman–Crippen MR) is 69.8 cm³/mol. The third-order valence-electron chi connectivity index (χ3n) is 3.29. The summed E-state index contributed by atoms with van der Waals surface area (Å²) in [6.07, 6.45) is -4.32. The van der Waals surface area contributed by atoms with Crippen LogP contribution in [0.3, 0.4) is 0 Å². The van der Waals surface area contributed by atoms with Crippen LogP contribution in [0, 0.1) is 0 Å². The first-order chi connectivity index (χ1) is 10.0. The Kier molecular flexibility index (Phi) is 3.59. The zero-order valence-corrected chi connectivity index (χ0v) is 11.1. The van der Waals surface area contributed by atoms with E-state index in [9.17, 15) is 13.2 Å². The molecule has 1 atom stereocenters. The van der Waals surface area contributed by atoms with E-state index in [4.69, 9.17) is 4.74 Å². The molecule has 0 spiro atoms. The number of fused-ring (bicyclic) bond motifs is 1. The Morgan fingerprint density at radius 2 is 2.05 bits per heavy atom. The van der Waals surface area contributed by atoms with Gasteiger partial charge >= 0.3 is 6.18 Å². The van der Waals surface area contributed by atoms with Crippen molar-refractivity contribution in [3.8, 4) is 5.75 Å². The van der Waals surface area contributed by atoms with Crippen molar-refractivity contribution in [1.82, 2.24) is 15.1 Å². The summed E-state index contributed by atoms with van der Waals surface area (Å²) < 4.78 is 45.7. The van der Waals surface area contributed by atoms with Crippen LogP contribution in [0.2, 0.25) is 0 Å². The lowest BCUT2D eigenvalue weighted by molar-refractivity contribution is -0.161. The average molecular weight is 297 g/mol. The van der Waals surface area contributed by atoms with Gasteiger partial charge in [-0.3, -0.25) is 10.00 Å². The second kappa shape index (κ2) is 5.40. The molecule has 3 rings (SSSR count). The van der Waals surface area contributed by atoms with Crippen LogP contribution in [0.4, 0.5) is 13.2 Å². The van der Waals surface area contributed by atoms with Crippen LogP contribution < -0.4 is 10.1 Å². The van der Waals surface area contributed by atoms with E-state index >= 15 is 0 Å². The zero-order chi connectivity index (χ0) is 14.9. The van der Waals surface area contributed by atoms with Crippen LogP contribution in [-0.2, 0) is 13.2 Å². The molecular formula is C14H14F3N3O. The third kappa shape index (κ3) is 3.02. The molecule has 2 aromatic rings. The standard InChI is InChI=1S/C14H14F3N3O/c15-14(16,17)13-12-8-10(19-20(12)7-6-18-13)9-21-11-4-2-1-3-5-11/h1-5,8,13,18H,6-7,9H2.